The average Bonchev–Trinajstić information content (AvgIpc) is 3.18. The Balaban J connectivity index is 1.69. The Kier molecular flexibility index (Phi) is 5.01. The third-order valence-corrected chi connectivity index (χ3v) is 5.34. The van der Waals surface area contributed by atoms with E-state index in [1.165, 1.54) is 0 Å². The third-order valence-electron chi connectivity index (χ3n) is 4.47. The molecule has 2 aromatic rings. The van der Waals surface area contributed by atoms with Gasteiger partial charge in [0, 0.05) is 4.88 Å². The molecule has 2 atom stereocenters. The zero-order valence-corrected chi connectivity index (χ0v) is 14.9. The zero-order valence-electron chi connectivity index (χ0n) is 14.1. The van der Waals surface area contributed by atoms with Crippen LogP contribution in [-0.2, 0) is 16.8 Å². The number of nitrogens with zero attached hydrogens (tertiary/aromatic N) is 3. The molecule has 0 radical (unpaired) electrons. The van der Waals surface area contributed by atoms with Crippen LogP contribution in [0.15, 0.2) is 23.7 Å². The van der Waals surface area contributed by atoms with Crippen molar-refractivity contribution in [1.82, 2.24) is 20.3 Å². The van der Waals surface area contributed by atoms with Crippen LogP contribution in [-0.4, -0.2) is 32.0 Å². The van der Waals surface area contributed by atoms with Gasteiger partial charge in [0.25, 0.3) is 0 Å². The number of aliphatic hydroxyl groups is 1. The molecule has 130 valence electrons. The summed E-state index contributed by atoms with van der Waals surface area (Å²) in [7, 11) is 0. The van der Waals surface area contributed by atoms with Gasteiger partial charge in [-0.1, -0.05) is 24.1 Å². The smallest absolute Gasteiger partial charge is 0.225 e. The van der Waals surface area contributed by atoms with E-state index >= 15 is 0 Å². The lowest BCUT2D eigenvalue weighted by atomic mass is 9.90. The van der Waals surface area contributed by atoms with Crippen molar-refractivity contribution in [3.8, 4) is 0 Å². The van der Waals surface area contributed by atoms with Gasteiger partial charge in [0.05, 0.1) is 24.7 Å². The van der Waals surface area contributed by atoms with E-state index in [0.29, 0.717) is 12.1 Å². The largest absolute Gasteiger partial charge is 0.384 e. The molecule has 1 aliphatic carbocycles. The Bertz CT molecular complexity index is 675. The molecular weight excluding hydrogens is 324 g/mol. The molecule has 3 rings (SSSR count). The lowest BCUT2D eigenvalue weighted by molar-refractivity contribution is -0.121. The number of thiophene rings is 1. The van der Waals surface area contributed by atoms with Gasteiger partial charge in [-0.2, -0.15) is 0 Å². The standard InChI is InChI=1S/C17H24N4O2S/c1-17(2,23)15-11-21(20-19-15)14-8-4-3-7-13(14)18-16(22)10-12-6-5-9-24-12/h5-6,9,11,13-14,23H,3-4,7-8,10H2,1-2H3,(H,18,22)/t13-,14+/m0/s1. The number of aromatic nitrogens is 3. The summed E-state index contributed by atoms with van der Waals surface area (Å²) in [5, 5.41) is 23.5. The molecule has 24 heavy (non-hydrogen) atoms. The summed E-state index contributed by atoms with van der Waals surface area (Å²) >= 11 is 1.60. The quantitative estimate of drug-likeness (QED) is 0.869. The fourth-order valence-electron chi connectivity index (χ4n) is 3.14. The van der Waals surface area contributed by atoms with Crippen LogP contribution in [0.2, 0.25) is 0 Å². The molecule has 2 heterocycles. The van der Waals surface area contributed by atoms with E-state index in [2.05, 4.69) is 15.6 Å². The summed E-state index contributed by atoms with van der Waals surface area (Å²) in [6.07, 6.45) is 6.34. The lowest BCUT2D eigenvalue weighted by Crippen LogP contribution is -2.43. The summed E-state index contributed by atoms with van der Waals surface area (Å²) in [5.41, 5.74) is -0.457. The minimum atomic E-state index is -1.01. The normalized spacial score (nSPS) is 21.6. The van der Waals surface area contributed by atoms with E-state index < -0.39 is 5.60 Å². The second kappa shape index (κ2) is 7.03. The van der Waals surface area contributed by atoms with E-state index in [9.17, 15) is 9.90 Å². The number of nitrogens with one attached hydrogen (secondary N) is 1. The topological polar surface area (TPSA) is 80.0 Å². The average molecular weight is 348 g/mol. The summed E-state index contributed by atoms with van der Waals surface area (Å²) in [6, 6.07) is 4.09. The monoisotopic (exact) mass is 348 g/mol. The maximum absolute atomic E-state index is 12.3. The van der Waals surface area contributed by atoms with Gasteiger partial charge in [0.15, 0.2) is 0 Å². The summed E-state index contributed by atoms with van der Waals surface area (Å²) in [6.45, 7) is 3.39. The summed E-state index contributed by atoms with van der Waals surface area (Å²) < 4.78 is 1.81. The molecule has 0 aromatic carbocycles. The van der Waals surface area contributed by atoms with Crippen LogP contribution in [0.5, 0.6) is 0 Å². The van der Waals surface area contributed by atoms with Crippen LogP contribution in [0, 0.1) is 0 Å². The second-order valence-electron chi connectivity index (χ2n) is 6.92. The molecule has 1 fully saturated rings. The molecule has 0 unspecified atom stereocenters. The molecule has 0 aliphatic heterocycles. The second-order valence-corrected chi connectivity index (χ2v) is 7.96. The lowest BCUT2D eigenvalue weighted by Gasteiger charge is -2.32. The molecule has 2 aromatic heterocycles. The number of rotatable bonds is 5. The van der Waals surface area contributed by atoms with Crippen LogP contribution in [0.25, 0.3) is 0 Å². The fourth-order valence-corrected chi connectivity index (χ4v) is 3.85. The Morgan fingerprint density at radius 2 is 2.25 bits per heavy atom. The maximum atomic E-state index is 12.3. The predicted molar refractivity (Wildman–Crippen MR) is 92.7 cm³/mol. The number of carbonyl (C=O) groups excluding carboxylic acids is 1. The molecule has 6 nitrogen and oxygen atoms in total. The van der Waals surface area contributed by atoms with Crippen LogP contribution < -0.4 is 5.32 Å². The van der Waals surface area contributed by atoms with Crippen molar-refractivity contribution in [1.29, 1.82) is 0 Å². The van der Waals surface area contributed by atoms with E-state index in [0.717, 1.165) is 30.6 Å². The van der Waals surface area contributed by atoms with E-state index in [1.807, 2.05) is 22.2 Å². The van der Waals surface area contributed by atoms with Crippen molar-refractivity contribution in [3.05, 3.63) is 34.3 Å². The molecule has 0 bridgehead atoms. The van der Waals surface area contributed by atoms with E-state index in [1.54, 1.807) is 31.4 Å². The van der Waals surface area contributed by atoms with Crippen LogP contribution >= 0.6 is 11.3 Å². The highest BCUT2D eigenvalue weighted by atomic mass is 32.1. The molecular formula is C17H24N4O2S. The molecule has 1 aliphatic rings. The van der Waals surface area contributed by atoms with Crippen LogP contribution in [0.4, 0.5) is 0 Å². The van der Waals surface area contributed by atoms with Crippen molar-refractivity contribution in [2.75, 3.05) is 0 Å². The summed E-state index contributed by atoms with van der Waals surface area (Å²) in [4.78, 5) is 13.4. The van der Waals surface area contributed by atoms with Crippen molar-refractivity contribution in [2.45, 2.75) is 63.6 Å². The number of hydrogen-bond acceptors (Lipinski definition) is 5. The van der Waals surface area contributed by atoms with E-state index in [4.69, 9.17) is 0 Å². The van der Waals surface area contributed by atoms with Gasteiger partial charge in [-0.25, -0.2) is 4.68 Å². The highest BCUT2D eigenvalue weighted by Gasteiger charge is 2.30. The molecule has 7 heteroatoms. The molecule has 0 spiro atoms. The van der Waals surface area contributed by atoms with Gasteiger partial charge in [-0.05, 0) is 38.1 Å². The SMILES string of the molecule is CC(C)(O)c1cn([C@@H]2CCCC[C@@H]2NC(=O)Cc2cccs2)nn1. The van der Waals surface area contributed by atoms with Crippen LogP contribution in [0.1, 0.15) is 56.1 Å². The van der Waals surface area contributed by atoms with Crippen LogP contribution in [0.3, 0.4) is 0 Å². The first-order valence-electron chi connectivity index (χ1n) is 8.40. The van der Waals surface area contributed by atoms with Crippen molar-refractivity contribution < 1.29 is 9.90 Å². The highest BCUT2D eigenvalue weighted by molar-refractivity contribution is 7.10. The first kappa shape index (κ1) is 17.1. The van der Waals surface area contributed by atoms with E-state index in [-0.39, 0.29) is 18.0 Å². The number of hydrogen-bond donors (Lipinski definition) is 2. The van der Waals surface area contributed by atoms with Crippen molar-refractivity contribution in [3.63, 3.8) is 0 Å². The zero-order chi connectivity index (χ0) is 17.2. The van der Waals surface area contributed by atoms with Gasteiger partial charge in [-0.3, -0.25) is 4.79 Å². The Morgan fingerprint density at radius 3 is 2.92 bits per heavy atom. The maximum Gasteiger partial charge on any atom is 0.225 e. The Morgan fingerprint density at radius 1 is 1.46 bits per heavy atom. The number of amides is 1. The van der Waals surface area contributed by atoms with Gasteiger partial charge in [0.2, 0.25) is 5.91 Å². The minimum absolute atomic E-state index is 0.0529. The van der Waals surface area contributed by atoms with Crippen molar-refractivity contribution >= 4 is 17.2 Å². The van der Waals surface area contributed by atoms with Gasteiger partial charge in [-0.15, -0.1) is 16.4 Å². The predicted octanol–water partition coefficient (Wildman–Crippen LogP) is 2.41. The van der Waals surface area contributed by atoms with Gasteiger partial charge >= 0.3 is 0 Å². The van der Waals surface area contributed by atoms with Gasteiger partial charge in [0.1, 0.15) is 11.3 Å². The molecule has 2 N–H and O–H groups in total. The first-order valence-corrected chi connectivity index (χ1v) is 9.28. The molecule has 0 saturated heterocycles. The van der Waals surface area contributed by atoms with Gasteiger partial charge < -0.3 is 10.4 Å². The Hall–Kier alpha value is -1.73. The number of carbonyl (C=O) groups is 1. The summed E-state index contributed by atoms with van der Waals surface area (Å²) in [5.74, 6) is 0.0529. The molecule has 1 amide bonds. The first-order chi connectivity index (χ1) is 11.4. The highest BCUT2D eigenvalue weighted by Crippen LogP contribution is 2.29. The molecule has 1 saturated carbocycles. The Labute approximate surface area is 145 Å². The third kappa shape index (κ3) is 4.02. The fraction of sp³-hybridized carbons (Fsp3) is 0.588. The minimum Gasteiger partial charge on any atom is -0.384 e. The van der Waals surface area contributed by atoms with Crippen molar-refractivity contribution in [2.24, 2.45) is 0 Å².